The minimum Gasteiger partial charge on any atom is -0.449 e. The van der Waals surface area contributed by atoms with E-state index in [0.717, 1.165) is 29.4 Å². The van der Waals surface area contributed by atoms with E-state index in [2.05, 4.69) is 20.3 Å². The first-order valence-corrected chi connectivity index (χ1v) is 11.0. The lowest BCUT2D eigenvalue weighted by Crippen LogP contribution is -2.20. The number of nitrogens with one attached hydrogen (secondary N) is 2. The highest BCUT2D eigenvalue weighted by molar-refractivity contribution is 5.94. The molecule has 1 fully saturated rings. The van der Waals surface area contributed by atoms with Crippen LogP contribution in [0.25, 0.3) is 33.3 Å². The third-order valence-electron chi connectivity index (χ3n) is 6.10. The highest BCUT2D eigenvalue weighted by Crippen LogP contribution is 2.27. The number of carbonyl (C=O) groups is 1. The Labute approximate surface area is 184 Å². The van der Waals surface area contributed by atoms with Crippen LogP contribution in [0, 0.1) is 5.92 Å². The van der Waals surface area contributed by atoms with Crippen LogP contribution in [-0.2, 0) is 11.8 Å². The maximum Gasteiger partial charge on any atom is 0.411 e. The van der Waals surface area contributed by atoms with Crippen molar-refractivity contribution in [2.24, 2.45) is 13.0 Å². The molecule has 3 aromatic heterocycles. The van der Waals surface area contributed by atoms with E-state index in [1.807, 2.05) is 29.9 Å². The van der Waals surface area contributed by atoms with Gasteiger partial charge in [0, 0.05) is 36.1 Å². The van der Waals surface area contributed by atoms with Gasteiger partial charge in [-0.05, 0) is 49.1 Å². The molecule has 1 aromatic carbocycles. The van der Waals surface area contributed by atoms with Gasteiger partial charge in [-0.2, -0.15) is 0 Å². The second-order valence-electron chi connectivity index (χ2n) is 8.40. The minimum atomic E-state index is -0.481. The molecule has 0 spiro atoms. The normalized spacial score (nSPS) is 14.7. The van der Waals surface area contributed by atoms with Crippen LogP contribution in [0.2, 0.25) is 0 Å². The molecule has 1 aliphatic carbocycles. The number of aromatic nitrogens is 4. The smallest absolute Gasteiger partial charge is 0.411 e. The molecule has 164 valence electrons. The SMILES string of the molecule is Cn1cc(-c2nc3ccc(NC(=O)OCC4CCCCC4)cc3[nH]c2=O)c2cccnc21. The van der Waals surface area contributed by atoms with Gasteiger partial charge < -0.3 is 14.3 Å². The van der Waals surface area contributed by atoms with Gasteiger partial charge >= 0.3 is 6.09 Å². The van der Waals surface area contributed by atoms with E-state index in [4.69, 9.17) is 4.74 Å². The summed E-state index contributed by atoms with van der Waals surface area (Å²) < 4.78 is 7.27. The predicted molar refractivity (Wildman–Crippen MR) is 124 cm³/mol. The Kier molecular flexibility index (Phi) is 5.34. The molecule has 0 radical (unpaired) electrons. The highest BCUT2D eigenvalue weighted by atomic mass is 16.5. The van der Waals surface area contributed by atoms with Crippen LogP contribution in [0.1, 0.15) is 32.1 Å². The minimum absolute atomic E-state index is 0.300. The maximum atomic E-state index is 12.8. The first-order valence-electron chi connectivity index (χ1n) is 11.0. The average molecular weight is 431 g/mol. The number of aromatic amines is 1. The standard InChI is InChI=1S/C24H25N5O3/c1-29-13-18(17-8-5-11-25-22(17)29)21-23(30)28-20-12-16(9-10-19(20)27-21)26-24(31)32-14-15-6-3-2-4-7-15/h5,8-13,15H,2-4,6-7,14H2,1H3,(H,26,31)(H,28,30). The number of hydrogen-bond donors (Lipinski definition) is 2. The summed E-state index contributed by atoms with van der Waals surface area (Å²) >= 11 is 0. The van der Waals surface area contributed by atoms with Gasteiger partial charge in [-0.1, -0.05) is 19.3 Å². The number of carbonyl (C=O) groups excluding carboxylic acids is 1. The average Bonchev–Trinajstić information content (AvgIpc) is 3.14. The van der Waals surface area contributed by atoms with Crippen molar-refractivity contribution in [2.45, 2.75) is 32.1 Å². The van der Waals surface area contributed by atoms with Crippen LogP contribution in [0.3, 0.4) is 0 Å². The number of nitrogens with zero attached hydrogens (tertiary/aromatic N) is 3. The summed E-state index contributed by atoms with van der Waals surface area (Å²) in [6.07, 6.45) is 9.01. The van der Waals surface area contributed by atoms with Crippen molar-refractivity contribution >= 4 is 33.8 Å². The molecule has 0 atom stereocenters. The van der Waals surface area contributed by atoms with Crippen LogP contribution in [0.4, 0.5) is 10.5 Å². The molecule has 0 unspecified atom stereocenters. The number of benzene rings is 1. The fourth-order valence-corrected chi connectivity index (χ4v) is 4.45. The van der Waals surface area contributed by atoms with Crippen molar-refractivity contribution in [3.63, 3.8) is 0 Å². The third-order valence-corrected chi connectivity index (χ3v) is 6.10. The van der Waals surface area contributed by atoms with Crippen LogP contribution >= 0.6 is 0 Å². The fourth-order valence-electron chi connectivity index (χ4n) is 4.45. The van der Waals surface area contributed by atoms with Crippen LogP contribution < -0.4 is 10.9 Å². The molecule has 1 saturated carbocycles. The molecular weight excluding hydrogens is 406 g/mol. The molecule has 8 nitrogen and oxygen atoms in total. The van der Waals surface area contributed by atoms with Crippen molar-refractivity contribution in [3.8, 4) is 11.3 Å². The molecule has 0 saturated heterocycles. The number of anilines is 1. The lowest BCUT2D eigenvalue weighted by Gasteiger charge is -2.21. The van der Waals surface area contributed by atoms with E-state index in [1.165, 1.54) is 19.3 Å². The number of fused-ring (bicyclic) bond motifs is 2. The van der Waals surface area contributed by atoms with E-state index in [1.54, 1.807) is 24.4 Å². The van der Waals surface area contributed by atoms with Crippen LogP contribution in [-0.4, -0.2) is 32.2 Å². The van der Waals surface area contributed by atoms with Crippen molar-refractivity contribution in [1.29, 1.82) is 0 Å². The molecule has 8 heteroatoms. The number of rotatable bonds is 4. The van der Waals surface area contributed by atoms with Gasteiger partial charge in [-0.3, -0.25) is 10.1 Å². The predicted octanol–water partition coefficient (Wildman–Crippen LogP) is 4.61. The van der Waals surface area contributed by atoms with Crippen molar-refractivity contribution in [3.05, 3.63) is 53.1 Å². The van der Waals surface area contributed by atoms with Gasteiger partial charge in [0.2, 0.25) is 0 Å². The number of hydrogen-bond acceptors (Lipinski definition) is 5. The Hall–Kier alpha value is -3.68. The second-order valence-corrected chi connectivity index (χ2v) is 8.40. The van der Waals surface area contributed by atoms with E-state index in [9.17, 15) is 9.59 Å². The van der Waals surface area contributed by atoms with Crippen molar-refractivity contribution in [2.75, 3.05) is 11.9 Å². The third kappa shape index (κ3) is 3.95. The Bertz CT molecular complexity index is 1350. The number of aryl methyl sites for hydroxylation is 1. The Morgan fingerprint density at radius 1 is 1.25 bits per heavy atom. The van der Waals surface area contributed by atoms with Gasteiger partial charge in [0.25, 0.3) is 5.56 Å². The molecular formula is C24H25N5O3. The molecule has 0 aliphatic heterocycles. The number of pyridine rings is 1. The summed E-state index contributed by atoms with van der Waals surface area (Å²) in [5.41, 5.74) is 3.27. The zero-order valence-corrected chi connectivity index (χ0v) is 17.9. The summed E-state index contributed by atoms with van der Waals surface area (Å²) in [5, 5.41) is 3.61. The van der Waals surface area contributed by atoms with Crippen LogP contribution in [0.15, 0.2) is 47.5 Å². The lowest BCUT2D eigenvalue weighted by atomic mass is 9.90. The Morgan fingerprint density at radius 2 is 2.09 bits per heavy atom. The first kappa shape index (κ1) is 20.2. The topological polar surface area (TPSA) is 102 Å². The molecule has 1 amide bonds. The summed E-state index contributed by atoms with van der Waals surface area (Å²) in [7, 11) is 1.89. The fraction of sp³-hybridized carbons (Fsp3) is 0.333. The van der Waals surface area contributed by atoms with Crippen LogP contribution in [0.5, 0.6) is 0 Å². The van der Waals surface area contributed by atoms with Gasteiger partial charge in [0.05, 0.1) is 17.6 Å². The van der Waals surface area contributed by atoms with E-state index < -0.39 is 6.09 Å². The number of ether oxygens (including phenoxy) is 1. The summed E-state index contributed by atoms with van der Waals surface area (Å²) in [6.45, 7) is 0.445. The van der Waals surface area contributed by atoms with Gasteiger partial charge in [-0.25, -0.2) is 14.8 Å². The quantitative estimate of drug-likeness (QED) is 0.491. The van der Waals surface area contributed by atoms with E-state index in [0.29, 0.717) is 34.9 Å². The Balaban J connectivity index is 1.37. The molecule has 4 aromatic rings. The Morgan fingerprint density at radius 3 is 2.94 bits per heavy atom. The maximum absolute atomic E-state index is 12.8. The van der Waals surface area contributed by atoms with E-state index >= 15 is 0 Å². The zero-order chi connectivity index (χ0) is 22.1. The van der Waals surface area contributed by atoms with Crippen molar-refractivity contribution in [1.82, 2.24) is 19.5 Å². The molecule has 32 heavy (non-hydrogen) atoms. The lowest BCUT2D eigenvalue weighted by molar-refractivity contribution is 0.128. The largest absolute Gasteiger partial charge is 0.449 e. The summed E-state index contributed by atoms with van der Waals surface area (Å²) in [4.78, 5) is 36.9. The zero-order valence-electron chi connectivity index (χ0n) is 17.9. The monoisotopic (exact) mass is 431 g/mol. The van der Waals surface area contributed by atoms with Gasteiger partial charge in [-0.15, -0.1) is 0 Å². The number of amides is 1. The van der Waals surface area contributed by atoms with E-state index in [-0.39, 0.29) is 5.56 Å². The summed E-state index contributed by atoms with van der Waals surface area (Å²) in [5.74, 6) is 0.453. The highest BCUT2D eigenvalue weighted by Gasteiger charge is 2.17. The van der Waals surface area contributed by atoms with Gasteiger partial charge in [0.1, 0.15) is 11.3 Å². The molecule has 1 aliphatic rings. The molecule has 3 heterocycles. The molecule has 0 bridgehead atoms. The number of H-pyrrole nitrogens is 1. The molecule has 2 N–H and O–H groups in total. The summed E-state index contributed by atoms with van der Waals surface area (Å²) in [6, 6.07) is 8.99. The first-order chi connectivity index (χ1) is 15.6. The second kappa shape index (κ2) is 8.45. The van der Waals surface area contributed by atoms with Crippen molar-refractivity contribution < 1.29 is 9.53 Å². The van der Waals surface area contributed by atoms with Gasteiger partial charge in [0.15, 0.2) is 0 Å². The molecule has 5 rings (SSSR count).